The van der Waals surface area contributed by atoms with Crippen LogP contribution in [0.5, 0.6) is 0 Å². The first kappa shape index (κ1) is 13.2. The molecular formula is C14H15Cl2NO2. The van der Waals surface area contributed by atoms with E-state index in [1.54, 1.807) is 23.1 Å². The molecule has 2 fully saturated rings. The summed E-state index contributed by atoms with van der Waals surface area (Å²) in [4.78, 5) is 14.3. The quantitative estimate of drug-likeness (QED) is 0.866. The molecule has 1 aliphatic carbocycles. The summed E-state index contributed by atoms with van der Waals surface area (Å²) in [7, 11) is 0. The molecule has 1 aliphatic heterocycles. The van der Waals surface area contributed by atoms with Gasteiger partial charge in [0.2, 0.25) is 0 Å². The summed E-state index contributed by atoms with van der Waals surface area (Å²) >= 11 is 12.0. The fourth-order valence-corrected chi connectivity index (χ4v) is 3.58. The van der Waals surface area contributed by atoms with E-state index >= 15 is 0 Å². The molecule has 1 aromatic rings. The molecule has 3 rings (SSSR count). The summed E-state index contributed by atoms with van der Waals surface area (Å²) in [6, 6.07) is 5.10. The van der Waals surface area contributed by atoms with Crippen LogP contribution >= 0.6 is 23.2 Å². The van der Waals surface area contributed by atoms with E-state index in [9.17, 15) is 9.90 Å². The molecule has 0 spiro atoms. The lowest BCUT2D eigenvalue weighted by Crippen LogP contribution is -2.47. The van der Waals surface area contributed by atoms with Crippen molar-refractivity contribution in [3.05, 3.63) is 33.8 Å². The first-order valence-electron chi connectivity index (χ1n) is 6.49. The predicted molar refractivity (Wildman–Crippen MR) is 74.6 cm³/mol. The van der Waals surface area contributed by atoms with Crippen molar-refractivity contribution in [1.82, 2.24) is 4.90 Å². The second-order valence-corrected chi connectivity index (χ2v) is 6.18. The van der Waals surface area contributed by atoms with Crippen molar-refractivity contribution in [2.45, 2.75) is 18.9 Å². The molecule has 1 heterocycles. The first-order chi connectivity index (χ1) is 9.08. The summed E-state index contributed by atoms with van der Waals surface area (Å²) in [5.74, 6) is 0.331. The maximum atomic E-state index is 12.5. The Morgan fingerprint density at radius 2 is 1.84 bits per heavy atom. The van der Waals surface area contributed by atoms with Crippen LogP contribution in [0.25, 0.3) is 0 Å². The molecule has 0 aromatic heterocycles. The van der Waals surface area contributed by atoms with E-state index < -0.39 is 0 Å². The molecule has 102 valence electrons. The van der Waals surface area contributed by atoms with Gasteiger partial charge in [-0.3, -0.25) is 4.79 Å². The predicted octanol–water partition coefficient (Wildman–Crippen LogP) is 2.84. The lowest BCUT2D eigenvalue weighted by Gasteiger charge is -2.35. The SMILES string of the molecule is O=C(c1cccc(Cl)c1Cl)N1C[C@H]2CC[C@@H](C1)C2O. The highest BCUT2D eigenvalue weighted by atomic mass is 35.5. The average Bonchev–Trinajstić information content (AvgIpc) is 2.64. The van der Waals surface area contributed by atoms with Crippen LogP contribution in [0, 0.1) is 11.8 Å². The van der Waals surface area contributed by atoms with Crippen molar-refractivity contribution in [2.24, 2.45) is 11.8 Å². The number of piperidine rings is 1. The van der Waals surface area contributed by atoms with Crippen molar-refractivity contribution in [3.63, 3.8) is 0 Å². The topological polar surface area (TPSA) is 40.5 Å². The highest BCUT2D eigenvalue weighted by Gasteiger charge is 2.42. The molecule has 0 radical (unpaired) electrons. The molecule has 19 heavy (non-hydrogen) atoms. The number of carbonyl (C=O) groups is 1. The van der Waals surface area contributed by atoms with Crippen molar-refractivity contribution >= 4 is 29.1 Å². The van der Waals surface area contributed by atoms with Crippen molar-refractivity contribution < 1.29 is 9.90 Å². The number of aliphatic hydroxyl groups is 1. The van der Waals surface area contributed by atoms with Crippen LogP contribution in [-0.4, -0.2) is 35.1 Å². The van der Waals surface area contributed by atoms with Crippen LogP contribution in [0.2, 0.25) is 10.0 Å². The third-order valence-electron chi connectivity index (χ3n) is 4.25. The largest absolute Gasteiger partial charge is 0.392 e. The van der Waals surface area contributed by atoms with E-state index in [2.05, 4.69) is 0 Å². The van der Waals surface area contributed by atoms with Crippen molar-refractivity contribution in [1.29, 1.82) is 0 Å². The van der Waals surface area contributed by atoms with Crippen LogP contribution in [0.15, 0.2) is 18.2 Å². The first-order valence-corrected chi connectivity index (χ1v) is 7.25. The summed E-state index contributed by atoms with van der Waals surface area (Å²) in [5.41, 5.74) is 0.449. The fraction of sp³-hybridized carbons (Fsp3) is 0.500. The summed E-state index contributed by atoms with van der Waals surface area (Å²) in [5, 5.41) is 10.7. The Bertz CT molecular complexity index is 506. The molecule has 1 amide bonds. The number of halogens is 2. The number of carbonyl (C=O) groups excluding carboxylic acids is 1. The average molecular weight is 300 g/mol. The van der Waals surface area contributed by atoms with E-state index in [0.29, 0.717) is 28.7 Å². The highest BCUT2D eigenvalue weighted by Crippen LogP contribution is 2.38. The number of rotatable bonds is 1. The number of nitrogens with zero attached hydrogens (tertiary/aromatic N) is 1. The summed E-state index contributed by atoms with van der Waals surface area (Å²) < 4.78 is 0. The summed E-state index contributed by atoms with van der Waals surface area (Å²) in [6.45, 7) is 1.22. The van der Waals surface area contributed by atoms with Crippen molar-refractivity contribution in [3.8, 4) is 0 Å². The van der Waals surface area contributed by atoms with Gasteiger partial charge in [-0.1, -0.05) is 29.3 Å². The second kappa shape index (κ2) is 4.97. The zero-order chi connectivity index (χ0) is 13.6. The van der Waals surface area contributed by atoms with Crippen LogP contribution in [0.1, 0.15) is 23.2 Å². The third kappa shape index (κ3) is 2.24. The lowest BCUT2D eigenvalue weighted by atomic mass is 9.94. The number of hydrogen-bond donors (Lipinski definition) is 1. The molecule has 2 bridgehead atoms. The molecule has 2 aliphatic rings. The standard InChI is InChI=1S/C14H15Cl2NO2/c15-11-3-1-2-10(12(11)16)14(19)17-6-8-4-5-9(7-17)13(8)18/h1-3,8-9,13,18H,4-7H2/t8-,9+,13?. The van der Waals surface area contributed by atoms with Gasteiger partial charge in [0, 0.05) is 24.9 Å². The minimum absolute atomic E-state index is 0.0868. The molecule has 1 unspecified atom stereocenters. The number of hydrogen-bond acceptors (Lipinski definition) is 2. The Morgan fingerprint density at radius 3 is 2.47 bits per heavy atom. The van der Waals surface area contributed by atoms with E-state index in [1.165, 1.54) is 0 Å². The number of amides is 1. The lowest BCUT2D eigenvalue weighted by molar-refractivity contribution is 0.0166. The Hall–Kier alpha value is -0.770. The Labute approximate surface area is 122 Å². The molecule has 1 saturated heterocycles. The second-order valence-electron chi connectivity index (χ2n) is 5.40. The Balaban J connectivity index is 1.84. The minimum Gasteiger partial charge on any atom is -0.392 e. The van der Waals surface area contributed by atoms with Crippen LogP contribution in [0.3, 0.4) is 0 Å². The van der Waals surface area contributed by atoms with Crippen LogP contribution < -0.4 is 0 Å². The number of aliphatic hydroxyl groups excluding tert-OH is 1. The molecular weight excluding hydrogens is 285 g/mol. The monoisotopic (exact) mass is 299 g/mol. The smallest absolute Gasteiger partial charge is 0.255 e. The number of likely N-dealkylation sites (tertiary alicyclic amines) is 1. The van der Waals surface area contributed by atoms with Crippen LogP contribution in [0.4, 0.5) is 0 Å². The minimum atomic E-state index is -0.251. The molecule has 1 aromatic carbocycles. The van der Waals surface area contributed by atoms with E-state index in [0.717, 1.165) is 12.8 Å². The Kier molecular flexibility index (Phi) is 3.46. The fourth-order valence-electron chi connectivity index (χ4n) is 3.20. The zero-order valence-corrected chi connectivity index (χ0v) is 11.9. The summed E-state index contributed by atoms with van der Waals surface area (Å²) in [6.07, 6.45) is 1.75. The maximum Gasteiger partial charge on any atom is 0.255 e. The van der Waals surface area contributed by atoms with E-state index in [1.807, 2.05) is 0 Å². The van der Waals surface area contributed by atoms with Crippen LogP contribution in [-0.2, 0) is 0 Å². The van der Waals surface area contributed by atoms with Gasteiger partial charge in [-0.2, -0.15) is 0 Å². The van der Waals surface area contributed by atoms with E-state index in [4.69, 9.17) is 23.2 Å². The van der Waals surface area contributed by atoms with Gasteiger partial charge in [-0.15, -0.1) is 0 Å². The van der Waals surface area contributed by atoms with Gasteiger partial charge in [-0.05, 0) is 25.0 Å². The molecule has 1 saturated carbocycles. The van der Waals surface area contributed by atoms with Gasteiger partial charge in [0.25, 0.3) is 5.91 Å². The van der Waals surface area contributed by atoms with E-state index in [-0.39, 0.29) is 23.8 Å². The van der Waals surface area contributed by atoms with Gasteiger partial charge in [0.1, 0.15) is 0 Å². The van der Waals surface area contributed by atoms with Gasteiger partial charge in [0.15, 0.2) is 0 Å². The van der Waals surface area contributed by atoms with Crippen molar-refractivity contribution in [2.75, 3.05) is 13.1 Å². The highest BCUT2D eigenvalue weighted by molar-refractivity contribution is 6.43. The van der Waals surface area contributed by atoms with Gasteiger partial charge in [-0.25, -0.2) is 0 Å². The molecule has 1 N–H and O–H groups in total. The third-order valence-corrected chi connectivity index (χ3v) is 5.07. The molecule has 3 atom stereocenters. The van der Waals surface area contributed by atoms with Gasteiger partial charge >= 0.3 is 0 Å². The van der Waals surface area contributed by atoms with Gasteiger partial charge in [0.05, 0.1) is 21.7 Å². The molecule has 3 nitrogen and oxygen atoms in total. The number of fused-ring (bicyclic) bond motifs is 2. The maximum absolute atomic E-state index is 12.5. The normalized spacial score (nSPS) is 29.6. The van der Waals surface area contributed by atoms with Gasteiger partial charge < -0.3 is 10.0 Å². The Morgan fingerprint density at radius 1 is 1.21 bits per heavy atom. The molecule has 5 heteroatoms. The number of benzene rings is 1. The zero-order valence-electron chi connectivity index (χ0n) is 10.4.